The van der Waals surface area contributed by atoms with E-state index >= 15 is 0 Å². The van der Waals surface area contributed by atoms with E-state index in [0.717, 1.165) is 11.8 Å². The van der Waals surface area contributed by atoms with Gasteiger partial charge in [0.25, 0.3) is 0 Å². The number of thioether (sulfide) groups is 1. The summed E-state index contributed by atoms with van der Waals surface area (Å²) in [5.74, 6) is 3.22. The lowest BCUT2D eigenvalue weighted by molar-refractivity contribution is 0.471. The van der Waals surface area contributed by atoms with Gasteiger partial charge in [-0.15, -0.1) is 11.8 Å². The zero-order valence-electron chi connectivity index (χ0n) is 5.98. The Balaban J connectivity index is 1.97. The lowest BCUT2D eigenvalue weighted by atomic mass is 10.3. The molecule has 0 amide bonds. The molecule has 0 aromatic rings. The van der Waals surface area contributed by atoms with Crippen LogP contribution < -0.4 is 5.32 Å². The standard InChI is InChI=1S/C7H13NS/c1-3-9-7-5(2)6(7)4-8-7/h5-6,8H,3-4H2,1-2H3/t5-,6+,7?/m0/s1. The van der Waals surface area contributed by atoms with Crippen LogP contribution in [-0.4, -0.2) is 17.2 Å². The highest BCUT2D eigenvalue weighted by atomic mass is 32.2. The van der Waals surface area contributed by atoms with Crippen molar-refractivity contribution in [1.82, 2.24) is 5.32 Å². The zero-order chi connectivity index (χ0) is 6.48. The van der Waals surface area contributed by atoms with Crippen molar-refractivity contribution in [3.63, 3.8) is 0 Å². The molecule has 1 unspecified atom stereocenters. The third kappa shape index (κ3) is 0.560. The predicted octanol–water partition coefficient (Wildman–Crippen LogP) is 1.30. The van der Waals surface area contributed by atoms with Gasteiger partial charge in [0.2, 0.25) is 0 Å². The van der Waals surface area contributed by atoms with E-state index in [4.69, 9.17) is 0 Å². The average molecular weight is 143 g/mol. The lowest BCUT2D eigenvalue weighted by Crippen LogP contribution is -2.43. The molecule has 9 heavy (non-hydrogen) atoms. The van der Waals surface area contributed by atoms with Crippen molar-refractivity contribution >= 4 is 11.8 Å². The SMILES string of the molecule is CCSC12NC[C@@H]1[C@@H]2C. The van der Waals surface area contributed by atoms with E-state index in [2.05, 4.69) is 30.9 Å². The molecule has 2 heteroatoms. The van der Waals surface area contributed by atoms with Crippen molar-refractivity contribution < 1.29 is 0 Å². The van der Waals surface area contributed by atoms with Crippen molar-refractivity contribution in [1.29, 1.82) is 0 Å². The van der Waals surface area contributed by atoms with E-state index in [0.29, 0.717) is 4.87 Å². The van der Waals surface area contributed by atoms with Gasteiger partial charge in [-0.1, -0.05) is 13.8 Å². The van der Waals surface area contributed by atoms with Crippen LogP contribution >= 0.6 is 11.8 Å². The minimum Gasteiger partial charge on any atom is -0.302 e. The fraction of sp³-hybridized carbons (Fsp3) is 1.00. The van der Waals surface area contributed by atoms with E-state index in [1.54, 1.807) is 0 Å². The van der Waals surface area contributed by atoms with Gasteiger partial charge in [-0.05, 0) is 11.7 Å². The Morgan fingerprint density at radius 3 is 2.67 bits per heavy atom. The second kappa shape index (κ2) is 1.67. The van der Waals surface area contributed by atoms with Gasteiger partial charge in [-0.2, -0.15) is 0 Å². The minimum absolute atomic E-state index is 0.564. The van der Waals surface area contributed by atoms with Gasteiger partial charge in [0, 0.05) is 12.5 Å². The van der Waals surface area contributed by atoms with Crippen LogP contribution in [0.5, 0.6) is 0 Å². The number of rotatable bonds is 2. The van der Waals surface area contributed by atoms with Gasteiger partial charge < -0.3 is 5.32 Å². The maximum atomic E-state index is 3.51. The van der Waals surface area contributed by atoms with Crippen molar-refractivity contribution in [2.45, 2.75) is 18.7 Å². The summed E-state index contributed by atoms with van der Waals surface area (Å²) in [5, 5.41) is 3.51. The Labute approximate surface area is 60.6 Å². The van der Waals surface area contributed by atoms with Gasteiger partial charge in [0.15, 0.2) is 0 Å². The smallest absolute Gasteiger partial charge is 0.0719 e. The fourth-order valence-electron chi connectivity index (χ4n) is 1.90. The Bertz CT molecular complexity index is 131. The Hall–Kier alpha value is 0.310. The normalized spacial score (nSPS) is 54.0. The lowest BCUT2D eigenvalue weighted by Gasteiger charge is -2.26. The highest BCUT2D eigenvalue weighted by molar-refractivity contribution is 8.01. The van der Waals surface area contributed by atoms with E-state index < -0.39 is 0 Å². The Morgan fingerprint density at radius 1 is 1.78 bits per heavy atom. The summed E-state index contributed by atoms with van der Waals surface area (Å²) in [6.45, 7) is 5.86. The average Bonchev–Trinajstić information content (AvgIpc) is 2.12. The molecule has 3 atom stereocenters. The second-order valence-electron chi connectivity index (χ2n) is 3.00. The summed E-state index contributed by atoms with van der Waals surface area (Å²) in [6.07, 6.45) is 0. The summed E-state index contributed by atoms with van der Waals surface area (Å²) in [4.78, 5) is 0.564. The summed E-state index contributed by atoms with van der Waals surface area (Å²) in [7, 11) is 0. The van der Waals surface area contributed by atoms with Crippen LogP contribution in [0.3, 0.4) is 0 Å². The molecule has 52 valence electrons. The van der Waals surface area contributed by atoms with Crippen molar-refractivity contribution in [2.24, 2.45) is 11.8 Å². The van der Waals surface area contributed by atoms with Crippen LogP contribution in [0, 0.1) is 11.8 Å². The first kappa shape index (κ1) is 6.05. The molecule has 1 aliphatic heterocycles. The molecule has 0 aromatic heterocycles. The summed E-state index contributed by atoms with van der Waals surface area (Å²) in [5.41, 5.74) is 0. The highest BCUT2D eigenvalue weighted by Crippen LogP contribution is 2.62. The molecule has 0 aromatic carbocycles. The van der Waals surface area contributed by atoms with Crippen LogP contribution in [0.1, 0.15) is 13.8 Å². The predicted molar refractivity (Wildman–Crippen MR) is 41.5 cm³/mol. The van der Waals surface area contributed by atoms with Crippen molar-refractivity contribution in [3.05, 3.63) is 0 Å². The van der Waals surface area contributed by atoms with Crippen molar-refractivity contribution in [3.8, 4) is 0 Å². The molecule has 2 fully saturated rings. The first-order valence-electron chi connectivity index (χ1n) is 3.70. The third-order valence-corrected chi connectivity index (χ3v) is 4.29. The number of hydrogen-bond donors (Lipinski definition) is 1. The molecular weight excluding hydrogens is 130 g/mol. The van der Waals surface area contributed by atoms with E-state index in [1.807, 2.05) is 0 Å². The van der Waals surface area contributed by atoms with Crippen LogP contribution in [-0.2, 0) is 0 Å². The number of nitrogens with one attached hydrogen (secondary N) is 1. The molecule has 1 nitrogen and oxygen atoms in total. The van der Waals surface area contributed by atoms with Gasteiger partial charge in [0.05, 0.1) is 4.87 Å². The topological polar surface area (TPSA) is 12.0 Å². The molecule has 0 bridgehead atoms. The van der Waals surface area contributed by atoms with E-state index in [-0.39, 0.29) is 0 Å². The van der Waals surface area contributed by atoms with Gasteiger partial charge in [-0.3, -0.25) is 0 Å². The largest absolute Gasteiger partial charge is 0.302 e. The molecule has 0 radical (unpaired) electrons. The third-order valence-electron chi connectivity index (χ3n) is 2.70. The van der Waals surface area contributed by atoms with Gasteiger partial charge in [-0.25, -0.2) is 0 Å². The van der Waals surface area contributed by atoms with Crippen LogP contribution in [0.2, 0.25) is 0 Å². The first-order chi connectivity index (χ1) is 4.31. The molecule has 2 aliphatic rings. The molecule has 2 rings (SSSR count). The monoisotopic (exact) mass is 143 g/mol. The van der Waals surface area contributed by atoms with Crippen LogP contribution in [0.15, 0.2) is 0 Å². The summed E-state index contributed by atoms with van der Waals surface area (Å²) < 4.78 is 0. The molecule has 1 aliphatic carbocycles. The van der Waals surface area contributed by atoms with E-state index in [9.17, 15) is 0 Å². The summed E-state index contributed by atoms with van der Waals surface area (Å²) in [6, 6.07) is 0. The van der Waals surface area contributed by atoms with Crippen molar-refractivity contribution in [2.75, 3.05) is 12.3 Å². The maximum Gasteiger partial charge on any atom is 0.0719 e. The molecule has 1 saturated heterocycles. The minimum atomic E-state index is 0.564. The van der Waals surface area contributed by atoms with E-state index in [1.165, 1.54) is 12.3 Å². The summed E-state index contributed by atoms with van der Waals surface area (Å²) >= 11 is 2.09. The number of fused-ring (bicyclic) bond motifs is 1. The van der Waals surface area contributed by atoms with Crippen LogP contribution in [0.25, 0.3) is 0 Å². The number of hydrogen-bond acceptors (Lipinski definition) is 2. The highest BCUT2D eigenvalue weighted by Gasteiger charge is 2.68. The molecule has 1 saturated carbocycles. The fourth-order valence-corrected chi connectivity index (χ4v) is 3.43. The van der Waals surface area contributed by atoms with Gasteiger partial charge >= 0.3 is 0 Å². The second-order valence-corrected chi connectivity index (χ2v) is 4.54. The molecule has 1 N–H and O–H groups in total. The maximum absolute atomic E-state index is 3.51. The Kier molecular flexibility index (Phi) is 1.12. The Morgan fingerprint density at radius 2 is 2.56 bits per heavy atom. The zero-order valence-corrected chi connectivity index (χ0v) is 6.79. The molecular formula is C7H13NS. The quantitative estimate of drug-likeness (QED) is 0.625. The molecule has 0 spiro atoms. The molecule has 1 heterocycles. The first-order valence-corrected chi connectivity index (χ1v) is 4.69. The van der Waals surface area contributed by atoms with Gasteiger partial charge in [0.1, 0.15) is 0 Å². The van der Waals surface area contributed by atoms with Crippen LogP contribution in [0.4, 0.5) is 0 Å².